The fourth-order valence-electron chi connectivity index (χ4n) is 5.62. The predicted octanol–water partition coefficient (Wildman–Crippen LogP) is 4.95. The summed E-state index contributed by atoms with van der Waals surface area (Å²) in [4.78, 5) is 12.7. The molecule has 1 fully saturated rings. The standard InChI is InChI=1S/C34H52O7Si/c1-7-8-9-10-11-18-23-38-33-30(36)31(41-32(37)25(2)3)29(35)28(40-33)24-39-42(34(4,5)6,26-19-14-12-15-20-26)27-21-16-13-17-22-27/h12-17,19-22,25,28-31,33,35-36H,7-11,18,23-24H2,1-6H3/t28-,29-,30-,31+,33?/m1/s1/i2D/t25?,28-,29-,30-,31+,33?. The van der Waals surface area contributed by atoms with Gasteiger partial charge in [0.1, 0.15) is 18.3 Å². The van der Waals surface area contributed by atoms with Crippen molar-refractivity contribution in [2.75, 3.05) is 13.2 Å². The Balaban J connectivity index is 1.87. The SMILES string of the molecule is [2H]CC(C)C(=O)O[C@H]1[C@H](O)[C@@H](CO[Si](c2ccccc2)(c2ccccc2)C(C)(C)C)OC(OCCCCCCCC)[C@@H]1O. The number of aliphatic hydroxyl groups is 2. The largest absolute Gasteiger partial charge is 0.456 e. The molecule has 3 rings (SSSR count). The van der Waals surface area contributed by atoms with Gasteiger partial charge in [0, 0.05) is 7.98 Å². The van der Waals surface area contributed by atoms with Crippen molar-refractivity contribution >= 4 is 24.7 Å². The van der Waals surface area contributed by atoms with Crippen LogP contribution in [0.15, 0.2) is 60.7 Å². The number of benzene rings is 2. The number of rotatable bonds is 15. The molecule has 6 atom stereocenters. The van der Waals surface area contributed by atoms with Crippen LogP contribution in [0.2, 0.25) is 5.04 Å². The van der Waals surface area contributed by atoms with Crippen LogP contribution in [0.25, 0.3) is 0 Å². The average molecular weight is 602 g/mol. The summed E-state index contributed by atoms with van der Waals surface area (Å²) in [6.45, 7) is 10.5. The number of unbranched alkanes of at least 4 members (excludes halogenated alkanes) is 5. The van der Waals surface area contributed by atoms with Crippen LogP contribution in [0.4, 0.5) is 0 Å². The molecule has 1 heterocycles. The molecule has 0 amide bonds. The summed E-state index contributed by atoms with van der Waals surface area (Å²) in [5, 5.41) is 24.4. The van der Waals surface area contributed by atoms with Crippen molar-refractivity contribution in [3.8, 4) is 0 Å². The van der Waals surface area contributed by atoms with Crippen LogP contribution in [0, 0.1) is 5.92 Å². The Hall–Kier alpha value is -2.07. The summed E-state index contributed by atoms with van der Waals surface area (Å²) in [6.07, 6.45) is 0.441. The normalized spacial score (nSPS) is 24.2. The molecule has 2 unspecified atom stereocenters. The molecular formula is C34H52O7Si. The van der Waals surface area contributed by atoms with Gasteiger partial charge in [-0.1, -0.05) is 134 Å². The van der Waals surface area contributed by atoms with Gasteiger partial charge in [0.25, 0.3) is 8.32 Å². The second kappa shape index (κ2) is 16.1. The van der Waals surface area contributed by atoms with E-state index in [4.69, 9.17) is 20.0 Å². The highest BCUT2D eigenvalue weighted by molar-refractivity contribution is 6.99. The minimum atomic E-state index is -2.95. The van der Waals surface area contributed by atoms with E-state index in [-0.39, 0.29) is 18.5 Å². The minimum absolute atomic E-state index is 0.0000930. The van der Waals surface area contributed by atoms with Gasteiger partial charge in [0.05, 0.1) is 12.5 Å². The van der Waals surface area contributed by atoms with E-state index in [1.54, 1.807) is 6.92 Å². The Morgan fingerprint density at radius 1 is 0.952 bits per heavy atom. The van der Waals surface area contributed by atoms with Gasteiger partial charge >= 0.3 is 5.97 Å². The number of aliphatic hydroxyl groups excluding tert-OH is 2. The maximum atomic E-state index is 12.7. The number of hydrogen-bond donors (Lipinski definition) is 2. The van der Waals surface area contributed by atoms with E-state index >= 15 is 0 Å². The zero-order valence-electron chi connectivity index (χ0n) is 27.0. The first-order valence-electron chi connectivity index (χ1n) is 16.2. The van der Waals surface area contributed by atoms with Crippen LogP contribution in [-0.2, 0) is 23.4 Å². The first kappa shape index (κ1) is 32.8. The molecule has 1 saturated heterocycles. The van der Waals surface area contributed by atoms with Crippen LogP contribution in [-0.4, -0.2) is 68.4 Å². The van der Waals surface area contributed by atoms with Crippen molar-refractivity contribution in [1.29, 1.82) is 0 Å². The van der Waals surface area contributed by atoms with Gasteiger partial charge in [0.2, 0.25) is 0 Å². The molecule has 0 bridgehead atoms. The van der Waals surface area contributed by atoms with Gasteiger partial charge < -0.3 is 28.8 Å². The molecule has 234 valence electrons. The molecule has 0 spiro atoms. The number of carbonyl (C=O) groups is 1. The molecule has 1 aliphatic rings. The zero-order chi connectivity index (χ0) is 31.5. The maximum Gasteiger partial charge on any atom is 0.308 e. The number of esters is 1. The third-order valence-corrected chi connectivity index (χ3v) is 13.0. The van der Waals surface area contributed by atoms with Crippen LogP contribution in [0.1, 0.15) is 81.4 Å². The van der Waals surface area contributed by atoms with E-state index in [1.165, 1.54) is 19.3 Å². The molecule has 42 heavy (non-hydrogen) atoms. The third-order valence-electron chi connectivity index (χ3n) is 7.96. The van der Waals surface area contributed by atoms with E-state index in [0.29, 0.717) is 6.61 Å². The van der Waals surface area contributed by atoms with Crippen molar-refractivity contribution in [3.63, 3.8) is 0 Å². The topological polar surface area (TPSA) is 94.5 Å². The van der Waals surface area contributed by atoms with E-state index < -0.39 is 50.9 Å². The number of ether oxygens (including phenoxy) is 3. The summed E-state index contributed by atoms with van der Waals surface area (Å²) in [5.41, 5.74) is 0. The van der Waals surface area contributed by atoms with E-state index in [1.807, 2.05) is 36.4 Å². The van der Waals surface area contributed by atoms with Gasteiger partial charge in [-0.05, 0) is 21.8 Å². The van der Waals surface area contributed by atoms with Crippen LogP contribution >= 0.6 is 0 Å². The lowest BCUT2D eigenvalue weighted by atomic mass is 9.98. The molecule has 7 nitrogen and oxygen atoms in total. The van der Waals surface area contributed by atoms with Crippen molar-refractivity contribution in [1.82, 2.24) is 0 Å². The van der Waals surface area contributed by atoms with Gasteiger partial charge in [-0.25, -0.2) is 0 Å². The molecule has 1 aliphatic heterocycles. The lowest BCUT2D eigenvalue weighted by Gasteiger charge is -2.46. The van der Waals surface area contributed by atoms with Gasteiger partial charge in [-0.15, -0.1) is 0 Å². The molecule has 0 aromatic heterocycles. The molecule has 0 aliphatic carbocycles. The highest BCUT2D eigenvalue weighted by Crippen LogP contribution is 2.37. The van der Waals surface area contributed by atoms with Crippen molar-refractivity contribution in [2.24, 2.45) is 5.92 Å². The summed E-state index contributed by atoms with van der Waals surface area (Å²) in [6, 6.07) is 20.3. The Morgan fingerprint density at radius 2 is 1.52 bits per heavy atom. The Labute approximate surface area is 255 Å². The first-order valence-corrected chi connectivity index (χ1v) is 17.4. The van der Waals surface area contributed by atoms with Crippen LogP contribution < -0.4 is 10.4 Å². The van der Waals surface area contributed by atoms with Crippen LogP contribution in [0.3, 0.4) is 0 Å². The molecule has 2 aromatic carbocycles. The second-order valence-corrected chi connectivity index (χ2v) is 16.7. The van der Waals surface area contributed by atoms with Gasteiger partial charge in [-0.3, -0.25) is 4.79 Å². The van der Waals surface area contributed by atoms with Crippen LogP contribution in [0.5, 0.6) is 0 Å². The lowest BCUT2D eigenvalue weighted by Crippen LogP contribution is -2.68. The first-order chi connectivity index (χ1) is 20.6. The molecule has 8 heteroatoms. The van der Waals surface area contributed by atoms with E-state index in [2.05, 4.69) is 52.0 Å². The highest BCUT2D eigenvalue weighted by atomic mass is 28.4. The average Bonchev–Trinajstić information content (AvgIpc) is 3.00. The summed E-state index contributed by atoms with van der Waals surface area (Å²) < 4.78 is 32.4. The highest BCUT2D eigenvalue weighted by Gasteiger charge is 2.53. The summed E-state index contributed by atoms with van der Waals surface area (Å²) in [7, 11) is -2.95. The minimum Gasteiger partial charge on any atom is -0.456 e. The Kier molecular flexibility index (Phi) is 12.6. The number of hydrogen-bond acceptors (Lipinski definition) is 7. The predicted molar refractivity (Wildman–Crippen MR) is 168 cm³/mol. The quantitative estimate of drug-likeness (QED) is 0.169. The lowest BCUT2D eigenvalue weighted by molar-refractivity contribution is -0.303. The smallest absolute Gasteiger partial charge is 0.308 e. The molecule has 0 saturated carbocycles. The summed E-state index contributed by atoms with van der Waals surface area (Å²) >= 11 is 0. The summed E-state index contributed by atoms with van der Waals surface area (Å²) in [5.74, 6) is -1.35. The monoisotopic (exact) mass is 601 g/mol. The Bertz CT molecular complexity index is 1040. The van der Waals surface area contributed by atoms with Gasteiger partial charge in [0.15, 0.2) is 12.4 Å². The van der Waals surface area contributed by atoms with E-state index in [9.17, 15) is 15.0 Å². The number of carbonyl (C=O) groups excluding carboxylic acids is 1. The fourth-order valence-corrected chi connectivity index (χ4v) is 10.2. The van der Waals surface area contributed by atoms with Crippen molar-refractivity contribution in [3.05, 3.63) is 60.7 Å². The zero-order valence-corrected chi connectivity index (χ0v) is 27.0. The molecular weight excluding hydrogens is 548 g/mol. The van der Waals surface area contributed by atoms with Crippen molar-refractivity contribution < 1.29 is 35.0 Å². The molecule has 2 aromatic rings. The van der Waals surface area contributed by atoms with Gasteiger partial charge in [-0.2, -0.15) is 0 Å². The van der Waals surface area contributed by atoms with E-state index in [0.717, 1.165) is 29.6 Å². The molecule has 2 N–H and O–H groups in total. The fraction of sp³-hybridized carbons (Fsp3) is 0.618. The Morgan fingerprint density at radius 3 is 2.07 bits per heavy atom. The van der Waals surface area contributed by atoms with Crippen molar-refractivity contribution in [2.45, 2.75) is 116 Å². The maximum absolute atomic E-state index is 12.7. The third kappa shape index (κ3) is 8.52. The molecule has 0 radical (unpaired) electrons. The second-order valence-electron chi connectivity index (χ2n) is 12.4.